The third kappa shape index (κ3) is 29.9. The van der Waals surface area contributed by atoms with Crippen molar-refractivity contribution >= 4 is 180 Å². The van der Waals surface area contributed by atoms with E-state index in [-0.39, 0.29) is 20.4 Å². The van der Waals surface area contributed by atoms with Gasteiger partial charge in [-0.1, -0.05) is 559 Å². The van der Waals surface area contributed by atoms with Gasteiger partial charge in [0.15, 0.2) is 0 Å². The number of rotatable bonds is 20. The molecule has 0 saturated carbocycles. The van der Waals surface area contributed by atoms with E-state index in [4.69, 9.17) is 10.0 Å². The van der Waals surface area contributed by atoms with Gasteiger partial charge in [-0.15, -0.1) is 0 Å². The van der Waals surface area contributed by atoms with Crippen LogP contribution >= 0.6 is 79.5 Å². The molecule has 0 aliphatic carbocycles. The van der Waals surface area contributed by atoms with Crippen LogP contribution in [0, 0.1) is 0 Å². The average Bonchev–Trinajstić information content (AvgIpc) is 0.791. The Hall–Kier alpha value is -11.3. The quantitative estimate of drug-likeness (QED) is 0.0590. The fourth-order valence-electron chi connectivity index (χ4n) is 13.6. The minimum atomic E-state index is -1.38. The van der Waals surface area contributed by atoms with Gasteiger partial charge in [0.05, 0.1) is 0 Å². The van der Waals surface area contributed by atoms with Gasteiger partial charge < -0.3 is 10.0 Å². The van der Waals surface area contributed by atoms with Gasteiger partial charge >= 0.3 is 7.12 Å². The molecule has 18 aromatic carbocycles. The molecule has 18 aromatic rings. The summed E-state index contributed by atoms with van der Waals surface area (Å²) in [6.07, 6.45) is 7.31. The van der Waals surface area contributed by atoms with Crippen LogP contribution < -0.4 is 69.1 Å². The van der Waals surface area contributed by atoms with Crippen molar-refractivity contribution < 1.29 is 30.5 Å². The third-order valence-corrected chi connectivity index (χ3v) is 31.0. The molecular formula is C116H96BBr3O2P4Pd. The van der Waals surface area contributed by atoms with E-state index in [0.29, 0.717) is 5.46 Å². The Morgan fingerprint density at radius 3 is 0.441 bits per heavy atom. The summed E-state index contributed by atoms with van der Waals surface area (Å²) in [5, 5.41) is 34.2. The van der Waals surface area contributed by atoms with Crippen LogP contribution in [0.25, 0.3) is 57.7 Å². The van der Waals surface area contributed by atoms with E-state index in [0.717, 1.165) is 35.7 Å². The van der Waals surface area contributed by atoms with Crippen molar-refractivity contribution in [3.05, 3.63) is 559 Å². The van der Waals surface area contributed by atoms with Crippen molar-refractivity contribution in [2.45, 2.75) is 0 Å². The molecule has 0 unspecified atom stereocenters. The van der Waals surface area contributed by atoms with Crippen molar-refractivity contribution in [1.29, 1.82) is 0 Å². The number of benzene rings is 18. The van der Waals surface area contributed by atoms with Gasteiger partial charge in [0.2, 0.25) is 0 Å². The molecule has 0 fully saturated rings. The third-order valence-electron chi connectivity index (χ3n) is 19.8. The first-order valence-electron chi connectivity index (χ1n) is 41.3. The van der Waals surface area contributed by atoms with Crippen LogP contribution in [0.4, 0.5) is 0 Å². The largest absolute Gasteiger partial charge is 0.488 e. The van der Waals surface area contributed by atoms with Crippen molar-refractivity contribution in [1.82, 2.24) is 0 Å². The van der Waals surface area contributed by atoms with E-state index in [1.165, 1.54) is 97.0 Å². The number of hydrogen-bond donors (Lipinski definition) is 2. The van der Waals surface area contributed by atoms with Gasteiger partial charge in [-0.05, 0) is 193 Å². The molecule has 0 spiro atoms. The van der Waals surface area contributed by atoms with Gasteiger partial charge in [-0.25, -0.2) is 0 Å². The molecule has 127 heavy (non-hydrogen) atoms. The summed E-state index contributed by atoms with van der Waals surface area (Å²) in [7, 11) is -3.16. The predicted octanol–water partition coefficient (Wildman–Crippen LogP) is 26.4. The van der Waals surface area contributed by atoms with E-state index in [1.54, 1.807) is 30.3 Å². The number of halogens is 3. The maximum Gasteiger partial charge on any atom is 0.488 e. The molecule has 0 atom stereocenters. The second kappa shape index (κ2) is 52.7. The van der Waals surface area contributed by atoms with Crippen molar-refractivity contribution in [3.8, 4) is 33.4 Å². The normalized spacial score (nSPS) is 10.3. The summed E-state index contributed by atoms with van der Waals surface area (Å²) in [6.45, 7) is 15.1. The molecule has 18 rings (SSSR count). The Morgan fingerprint density at radius 2 is 0.315 bits per heavy atom. The van der Waals surface area contributed by atoms with Crippen molar-refractivity contribution in [2.75, 3.05) is 0 Å². The fraction of sp³-hybridized carbons (Fsp3) is 0. The molecule has 0 saturated heterocycles. The van der Waals surface area contributed by atoms with E-state index < -0.39 is 38.8 Å². The Kier molecular flexibility index (Phi) is 40.0. The smallest absolute Gasteiger partial charge is 0.423 e. The van der Waals surface area contributed by atoms with Crippen LogP contribution in [0.1, 0.15) is 22.3 Å². The molecule has 0 radical (unpaired) electrons. The standard InChI is InChI=1S/C30H24.4C18H15P.C8H9BO2.C6H3Br3.Pd/c1-4-22-7-13-25(14-8-22)28-19-29(26-15-9-23(5-2)10-16-26)21-30(20-28)27-17-11-24(6-3)12-18-27;4*1-4-10-16(11-5-1)19(17-12-6-2-7-13-17)18-14-8-3-9-15-18;1-2-7-3-5-8(6-4-7)9(10)11;7-4-1-5(8)3-6(9)2-4;/h4-21H,1-3H2;4*1-15H;2-6,10-11H,1H2;1-3H;. The summed E-state index contributed by atoms with van der Waals surface area (Å²) < 4.78 is 3.22. The zero-order valence-electron chi connectivity index (χ0n) is 70.2. The second-order valence-electron chi connectivity index (χ2n) is 28.5. The van der Waals surface area contributed by atoms with Gasteiger partial charge in [-0.2, -0.15) is 0 Å². The summed E-state index contributed by atoms with van der Waals surface area (Å²) in [4.78, 5) is 0. The maximum absolute atomic E-state index is 8.72. The van der Waals surface area contributed by atoms with Crippen LogP contribution in [0.3, 0.4) is 0 Å². The molecule has 2 N–H and O–H groups in total. The molecule has 2 nitrogen and oxygen atoms in total. The molecule has 0 aliphatic rings. The van der Waals surface area contributed by atoms with E-state index >= 15 is 0 Å². The molecule has 0 heterocycles. The van der Waals surface area contributed by atoms with Crippen LogP contribution in [-0.4, -0.2) is 17.2 Å². The zero-order chi connectivity index (χ0) is 87.7. The van der Waals surface area contributed by atoms with Crippen LogP contribution in [0.2, 0.25) is 0 Å². The van der Waals surface area contributed by atoms with Crippen LogP contribution in [0.5, 0.6) is 0 Å². The van der Waals surface area contributed by atoms with E-state index in [1.807, 2.05) is 36.4 Å². The molecule has 0 amide bonds. The monoisotopic (exact) mass is 2000 g/mol. The molecule has 0 bridgehead atoms. The topological polar surface area (TPSA) is 40.5 Å². The van der Waals surface area contributed by atoms with E-state index in [2.05, 4.69) is 529 Å². The van der Waals surface area contributed by atoms with Gasteiger partial charge in [-0.3, -0.25) is 0 Å². The minimum Gasteiger partial charge on any atom is -0.423 e. The Balaban J connectivity index is 0.000000147. The first kappa shape index (κ1) is 96.4. The molecular weight excluding hydrogens is 1910 g/mol. The Labute approximate surface area is 795 Å². The molecule has 11 heteroatoms. The molecule has 0 aliphatic heterocycles. The van der Waals surface area contributed by atoms with Gasteiger partial charge in [0, 0.05) is 33.8 Å². The predicted molar refractivity (Wildman–Crippen MR) is 570 cm³/mol. The Bertz CT molecular complexity index is 5170. The summed E-state index contributed by atoms with van der Waals surface area (Å²) >= 11 is 10.1. The van der Waals surface area contributed by atoms with Crippen molar-refractivity contribution in [3.63, 3.8) is 0 Å². The van der Waals surface area contributed by atoms with Crippen LogP contribution in [-0.2, 0) is 20.4 Å². The summed E-state index contributed by atoms with van der Waals surface area (Å²) in [6, 6.07) is 174. The maximum atomic E-state index is 8.72. The first-order valence-corrected chi connectivity index (χ1v) is 49.0. The van der Waals surface area contributed by atoms with Gasteiger partial charge in [0.25, 0.3) is 0 Å². The molecule has 0 aromatic heterocycles. The Morgan fingerprint density at radius 1 is 0.181 bits per heavy atom. The minimum absolute atomic E-state index is 0. The fourth-order valence-corrected chi connectivity index (χ4v) is 25.2. The SMILES string of the molecule is Brc1cc(Br)cc(Br)c1.C=Cc1ccc(-c2cc(-c3ccc(C=C)cc3)cc(-c3ccc(C=C)cc3)c2)cc1.C=Cc1ccc(B(O)O)cc1.[Pd].c1ccc(P(c2ccccc2)c2ccccc2)cc1.c1ccc(P(c2ccccc2)c2ccccc2)cc1.c1ccc(P(c2ccccc2)c2ccccc2)cc1.c1ccc(P(c2ccccc2)c2ccccc2)cc1. The van der Waals surface area contributed by atoms with Crippen LogP contribution in [0.15, 0.2) is 537 Å². The number of hydrogen-bond acceptors (Lipinski definition) is 2. The average molecular weight is 2000 g/mol. The zero-order valence-corrected chi connectivity index (χ0v) is 80.1. The summed E-state index contributed by atoms with van der Waals surface area (Å²) in [5.74, 6) is 0. The molecule has 626 valence electrons. The first-order chi connectivity index (χ1) is 61.9. The summed E-state index contributed by atoms with van der Waals surface area (Å²) in [5.41, 5.74) is 12.0. The van der Waals surface area contributed by atoms with Crippen molar-refractivity contribution in [2.24, 2.45) is 0 Å². The van der Waals surface area contributed by atoms with Gasteiger partial charge in [0.1, 0.15) is 0 Å². The van der Waals surface area contributed by atoms with E-state index in [9.17, 15) is 0 Å². The second-order valence-corrected chi connectivity index (χ2v) is 40.1.